The van der Waals surface area contributed by atoms with E-state index in [1.807, 2.05) is 6.92 Å². The minimum Gasteiger partial charge on any atom is -0.331 e. The lowest BCUT2D eigenvalue weighted by atomic mass is 9.91. The summed E-state index contributed by atoms with van der Waals surface area (Å²) in [6, 6.07) is 9.47. The second-order valence-corrected chi connectivity index (χ2v) is 7.80. The fourth-order valence-corrected chi connectivity index (χ4v) is 3.60. The Balaban J connectivity index is 0.000000891. The van der Waals surface area contributed by atoms with Crippen LogP contribution in [0.25, 0.3) is 0 Å². The number of hydrogen-bond acceptors (Lipinski definition) is 2. The highest BCUT2D eigenvalue weighted by atomic mass is 15.3. The molecule has 0 bridgehead atoms. The molecule has 24 heavy (non-hydrogen) atoms. The lowest BCUT2D eigenvalue weighted by Gasteiger charge is -2.30. The van der Waals surface area contributed by atoms with Gasteiger partial charge in [-0.15, -0.1) is 0 Å². The van der Waals surface area contributed by atoms with Crippen molar-refractivity contribution in [3.8, 4) is 0 Å². The molecule has 0 radical (unpaired) electrons. The van der Waals surface area contributed by atoms with Crippen LogP contribution in [0.3, 0.4) is 0 Å². The van der Waals surface area contributed by atoms with Crippen LogP contribution in [-0.4, -0.2) is 38.2 Å². The molecule has 1 saturated carbocycles. The Morgan fingerprint density at radius 3 is 2.00 bits per heavy atom. The lowest BCUT2D eigenvalue weighted by Crippen LogP contribution is -2.40. The average Bonchev–Trinajstić information content (AvgIpc) is 2.83. The zero-order chi connectivity index (χ0) is 17.8. The number of nitrogens with zero attached hydrogens (tertiary/aromatic N) is 1. The van der Waals surface area contributed by atoms with E-state index >= 15 is 0 Å². The van der Waals surface area contributed by atoms with Gasteiger partial charge in [-0.25, -0.2) is 0 Å². The van der Waals surface area contributed by atoms with Crippen LogP contribution >= 0.6 is 0 Å². The Morgan fingerprint density at radius 1 is 0.958 bits per heavy atom. The van der Waals surface area contributed by atoms with Crippen LogP contribution in [0.2, 0.25) is 0 Å². The Kier molecular flexibility index (Phi) is 10.2. The van der Waals surface area contributed by atoms with Crippen LogP contribution in [-0.2, 0) is 6.54 Å². The van der Waals surface area contributed by atoms with Gasteiger partial charge < -0.3 is 16.0 Å². The van der Waals surface area contributed by atoms with Crippen molar-refractivity contribution in [3.63, 3.8) is 0 Å². The largest absolute Gasteiger partial charge is 0.331 e. The van der Waals surface area contributed by atoms with Crippen LogP contribution in [0.4, 0.5) is 0 Å². The molecule has 0 heterocycles. The number of quaternary nitrogens is 1. The molecule has 2 rings (SSSR count). The van der Waals surface area contributed by atoms with Gasteiger partial charge in [0.05, 0.1) is 20.6 Å². The van der Waals surface area contributed by atoms with Crippen molar-refractivity contribution in [1.29, 1.82) is 0 Å². The van der Waals surface area contributed by atoms with E-state index in [0.29, 0.717) is 0 Å². The monoisotopic (exact) mass is 334 g/mol. The van der Waals surface area contributed by atoms with Crippen molar-refractivity contribution in [2.45, 2.75) is 64.3 Å². The molecule has 0 saturated heterocycles. The van der Waals surface area contributed by atoms with Crippen LogP contribution in [0.1, 0.15) is 68.9 Å². The maximum absolute atomic E-state index is 5.63. The van der Waals surface area contributed by atoms with E-state index in [9.17, 15) is 0 Å². The van der Waals surface area contributed by atoms with Gasteiger partial charge in [0.2, 0.25) is 0 Å². The van der Waals surface area contributed by atoms with E-state index in [4.69, 9.17) is 11.5 Å². The quantitative estimate of drug-likeness (QED) is 0.610. The standard InChI is InChI=1S/C19H33N2.C2H7N/c1-21(2,15-7-14-20)16-17-10-12-19(13-11-17)18-8-5-3-4-6-9-18;1-2-3/h10-13,18H,3-9,14-16,20H2,1-2H3;2-3H2,1H3/q+1;. The molecule has 0 amide bonds. The van der Waals surface area contributed by atoms with Gasteiger partial charge in [-0.1, -0.05) is 56.9 Å². The second kappa shape index (κ2) is 11.6. The molecule has 138 valence electrons. The topological polar surface area (TPSA) is 52.0 Å². The summed E-state index contributed by atoms with van der Waals surface area (Å²) < 4.78 is 1.03. The summed E-state index contributed by atoms with van der Waals surface area (Å²) >= 11 is 0. The molecule has 1 aliphatic rings. The molecular weight excluding hydrogens is 294 g/mol. The first-order valence-corrected chi connectivity index (χ1v) is 9.83. The summed E-state index contributed by atoms with van der Waals surface area (Å²) in [5, 5.41) is 0. The lowest BCUT2D eigenvalue weighted by molar-refractivity contribution is -0.903. The smallest absolute Gasteiger partial charge is 0.104 e. The van der Waals surface area contributed by atoms with Crippen LogP contribution in [0.5, 0.6) is 0 Å². The highest BCUT2D eigenvalue weighted by Gasteiger charge is 2.17. The van der Waals surface area contributed by atoms with Gasteiger partial charge in [0.15, 0.2) is 0 Å². The summed E-state index contributed by atoms with van der Waals surface area (Å²) in [4.78, 5) is 0. The highest BCUT2D eigenvalue weighted by molar-refractivity contribution is 5.25. The average molecular weight is 335 g/mol. The second-order valence-electron chi connectivity index (χ2n) is 7.80. The molecule has 1 aromatic carbocycles. The normalized spacial score (nSPS) is 16.2. The van der Waals surface area contributed by atoms with E-state index < -0.39 is 0 Å². The molecule has 0 spiro atoms. The van der Waals surface area contributed by atoms with Crippen molar-refractivity contribution in [1.82, 2.24) is 0 Å². The summed E-state index contributed by atoms with van der Waals surface area (Å²) in [6.45, 7) is 5.70. The highest BCUT2D eigenvalue weighted by Crippen LogP contribution is 2.31. The Morgan fingerprint density at radius 2 is 1.50 bits per heavy atom. The van der Waals surface area contributed by atoms with E-state index in [-0.39, 0.29) is 0 Å². The molecular formula is C21H40N3+. The van der Waals surface area contributed by atoms with E-state index in [0.717, 1.165) is 43.0 Å². The molecule has 1 aliphatic carbocycles. The minimum atomic E-state index is 0.750. The summed E-state index contributed by atoms with van der Waals surface area (Å²) in [5.74, 6) is 0.807. The van der Waals surface area contributed by atoms with Gasteiger partial charge in [-0.05, 0) is 37.4 Å². The van der Waals surface area contributed by atoms with Crippen molar-refractivity contribution in [2.75, 3.05) is 33.7 Å². The molecule has 1 aromatic rings. The van der Waals surface area contributed by atoms with Crippen molar-refractivity contribution in [2.24, 2.45) is 11.5 Å². The third kappa shape index (κ3) is 8.27. The minimum absolute atomic E-state index is 0.750. The Bertz CT molecular complexity index is 417. The molecule has 3 nitrogen and oxygen atoms in total. The third-order valence-electron chi connectivity index (χ3n) is 4.88. The van der Waals surface area contributed by atoms with Crippen molar-refractivity contribution in [3.05, 3.63) is 35.4 Å². The van der Waals surface area contributed by atoms with E-state index in [1.165, 1.54) is 44.1 Å². The SMILES string of the molecule is CCN.C[N+](C)(CCCN)Cc1ccc(C2CCCCCC2)cc1. The van der Waals surface area contributed by atoms with Gasteiger partial charge in [0.25, 0.3) is 0 Å². The first-order valence-electron chi connectivity index (χ1n) is 9.83. The predicted molar refractivity (Wildman–Crippen MR) is 106 cm³/mol. The molecule has 3 heteroatoms. The fourth-order valence-electron chi connectivity index (χ4n) is 3.60. The van der Waals surface area contributed by atoms with Crippen molar-refractivity contribution < 1.29 is 4.48 Å². The first-order chi connectivity index (χ1) is 11.5. The zero-order valence-electron chi connectivity index (χ0n) is 16.3. The van der Waals surface area contributed by atoms with Crippen molar-refractivity contribution >= 4 is 0 Å². The number of nitrogens with two attached hydrogens (primary N) is 2. The van der Waals surface area contributed by atoms with Crippen LogP contribution < -0.4 is 11.5 Å². The first kappa shape index (κ1) is 21.1. The maximum atomic E-state index is 5.63. The predicted octanol–water partition coefficient (Wildman–Crippen LogP) is 4.01. The van der Waals surface area contributed by atoms with Gasteiger partial charge >= 0.3 is 0 Å². The Labute approximate surface area is 150 Å². The number of benzene rings is 1. The molecule has 4 N–H and O–H groups in total. The van der Waals surface area contributed by atoms with Gasteiger partial charge in [-0.2, -0.15) is 0 Å². The van der Waals surface area contributed by atoms with Crippen LogP contribution in [0, 0.1) is 0 Å². The third-order valence-corrected chi connectivity index (χ3v) is 4.88. The van der Waals surface area contributed by atoms with Crippen LogP contribution in [0.15, 0.2) is 24.3 Å². The summed E-state index contributed by atoms with van der Waals surface area (Å²) in [7, 11) is 4.60. The maximum Gasteiger partial charge on any atom is 0.104 e. The number of rotatable bonds is 6. The fraction of sp³-hybridized carbons (Fsp3) is 0.714. The molecule has 0 atom stereocenters. The molecule has 0 aliphatic heterocycles. The molecule has 0 aromatic heterocycles. The molecule has 1 fully saturated rings. The van der Waals surface area contributed by atoms with E-state index in [1.54, 1.807) is 5.56 Å². The summed E-state index contributed by atoms with van der Waals surface area (Å²) in [5.41, 5.74) is 13.5. The van der Waals surface area contributed by atoms with Gasteiger partial charge in [0.1, 0.15) is 6.54 Å². The van der Waals surface area contributed by atoms with Gasteiger partial charge in [0, 0.05) is 12.0 Å². The summed E-state index contributed by atoms with van der Waals surface area (Å²) in [6.07, 6.45) is 9.57. The van der Waals surface area contributed by atoms with Gasteiger partial charge in [-0.3, -0.25) is 0 Å². The number of hydrogen-bond donors (Lipinski definition) is 2. The molecule has 0 unspecified atom stereocenters. The van der Waals surface area contributed by atoms with E-state index in [2.05, 4.69) is 38.4 Å². The Hall–Kier alpha value is -0.900. The zero-order valence-corrected chi connectivity index (χ0v) is 16.3.